The topological polar surface area (TPSA) is 101 Å². The average Bonchev–Trinajstić information content (AvgIpc) is 3.20. The summed E-state index contributed by atoms with van der Waals surface area (Å²) >= 11 is 25.1. The van der Waals surface area contributed by atoms with Gasteiger partial charge in [0.15, 0.2) is 5.78 Å². The van der Waals surface area contributed by atoms with Gasteiger partial charge in [-0.3, -0.25) is 19.2 Å². The molecule has 2 aliphatic rings. The van der Waals surface area contributed by atoms with Crippen molar-refractivity contribution >= 4 is 96.1 Å². The molecule has 222 valence electrons. The molecule has 43 heavy (non-hydrogen) atoms. The van der Waals surface area contributed by atoms with E-state index < -0.39 is 47.9 Å². The fourth-order valence-electron chi connectivity index (χ4n) is 5.04. The lowest BCUT2D eigenvalue weighted by atomic mass is 9.81. The molecule has 3 aromatic carbocycles. The predicted molar refractivity (Wildman–Crippen MR) is 168 cm³/mol. The number of ether oxygens (including phenoxy) is 1. The van der Waals surface area contributed by atoms with Crippen LogP contribution in [0.25, 0.3) is 0 Å². The van der Waals surface area contributed by atoms with Crippen molar-refractivity contribution in [2.75, 3.05) is 6.54 Å². The van der Waals surface area contributed by atoms with Crippen molar-refractivity contribution in [3.05, 3.63) is 98.5 Å². The van der Waals surface area contributed by atoms with Crippen LogP contribution in [0.15, 0.2) is 66.7 Å². The number of halogens is 5. The van der Waals surface area contributed by atoms with Crippen LogP contribution in [0.2, 0.25) is 15.1 Å². The number of esters is 1. The van der Waals surface area contributed by atoms with Gasteiger partial charge in [0.1, 0.15) is 12.3 Å². The summed E-state index contributed by atoms with van der Waals surface area (Å²) in [7, 11) is 0. The predicted octanol–water partition coefficient (Wildman–Crippen LogP) is 7.03. The van der Waals surface area contributed by atoms with Crippen LogP contribution in [0.3, 0.4) is 0 Å². The Balaban J connectivity index is 1.38. The maximum Gasteiger partial charge on any atom is 0.345 e. The van der Waals surface area contributed by atoms with Crippen LogP contribution in [0.4, 0.5) is 0 Å². The van der Waals surface area contributed by atoms with Gasteiger partial charge in [-0.25, -0.2) is 9.80 Å². The molecule has 0 bridgehead atoms. The van der Waals surface area contributed by atoms with Gasteiger partial charge in [-0.15, -0.1) is 0 Å². The van der Waals surface area contributed by atoms with Gasteiger partial charge < -0.3 is 4.74 Å². The molecule has 0 radical (unpaired) electrons. The maximum absolute atomic E-state index is 13.7. The number of hydrazine groups is 1. The van der Waals surface area contributed by atoms with Gasteiger partial charge in [0.25, 0.3) is 17.7 Å². The molecule has 0 unspecified atom stereocenters. The number of nitrogens with zero attached hydrogens (tertiary/aromatic N) is 2. The molecule has 3 aromatic rings. The van der Waals surface area contributed by atoms with Crippen molar-refractivity contribution in [1.29, 1.82) is 0 Å². The third-order valence-corrected chi connectivity index (χ3v) is 10.8. The number of Topliss-reactive ketones (excluding diaryl/α,β-unsaturated/α-hetero) is 1. The number of imide groups is 1. The van der Waals surface area contributed by atoms with Crippen LogP contribution in [0.1, 0.15) is 43.9 Å². The number of fused-ring (bicyclic) bond motifs is 1. The Hall–Kier alpha value is -2.76. The second kappa shape index (κ2) is 13.1. The molecule has 1 aliphatic heterocycles. The number of benzene rings is 3. The first-order valence-electron chi connectivity index (χ1n) is 13.0. The third kappa shape index (κ3) is 6.68. The van der Waals surface area contributed by atoms with E-state index in [9.17, 15) is 24.0 Å². The second-order valence-corrected chi connectivity index (χ2v) is 13.7. The van der Waals surface area contributed by atoms with Crippen LogP contribution < -0.4 is 4.74 Å². The summed E-state index contributed by atoms with van der Waals surface area (Å²) in [5.41, 5.74) is 0.420. The van der Waals surface area contributed by atoms with Gasteiger partial charge in [-0.05, 0) is 79.6 Å². The molecular formula is C30H21Br2Cl3N2O6. The zero-order valence-corrected chi connectivity index (χ0v) is 27.5. The quantitative estimate of drug-likeness (QED) is 0.0842. The van der Waals surface area contributed by atoms with Gasteiger partial charge in [-0.2, -0.15) is 5.01 Å². The van der Waals surface area contributed by atoms with Gasteiger partial charge in [0, 0.05) is 30.8 Å². The largest absolute Gasteiger partial charge is 0.423 e. The summed E-state index contributed by atoms with van der Waals surface area (Å²) < 4.78 is 5.37. The van der Waals surface area contributed by atoms with E-state index in [0.29, 0.717) is 22.9 Å². The third-order valence-electron chi connectivity index (χ3n) is 7.29. The Labute approximate surface area is 278 Å². The van der Waals surface area contributed by atoms with E-state index in [1.54, 1.807) is 0 Å². The fourth-order valence-corrected chi connectivity index (χ4v) is 6.89. The minimum Gasteiger partial charge on any atom is -0.423 e. The highest BCUT2D eigenvalue weighted by molar-refractivity contribution is 9.12. The Kier molecular flexibility index (Phi) is 9.63. The Morgan fingerprint density at radius 3 is 1.88 bits per heavy atom. The van der Waals surface area contributed by atoms with Gasteiger partial charge in [-0.1, -0.05) is 66.7 Å². The van der Waals surface area contributed by atoms with Gasteiger partial charge in [0.2, 0.25) is 0 Å². The molecule has 5 rings (SSSR count). The summed E-state index contributed by atoms with van der Waals surface area (Å²) in [4.78, 5) is 66.7. The van der Waals surface area contributed by atoms with Crippen LogP contribution in [-0.2, 0) is 9.59 Å². The first kappa shape index (κ1) is 31.7. The molecule has 0 aromatic heterocycles. The lowest BCUT2D eigenvalue weighted by molar-refractivity contribution is -0.154. The van der Waals surface area contributed by atoms with Crippen molar-refractivity contribution in [1.82, 2.24) is 10.0 Å². The maximum atomic E-state index is 13.7. The monoisotopic (exact) mass is 768 g/mol. The molecule has 1 heterocycles. The van der Waals surface area contributed by atoms with E-state index >= 15 is 0 Å². The van der Waals surface area contributed by atoms with Gasteiger partial charge in [0.05, 0.1) is 22.4 Å². The smallest absolute Gasteiger partial charge is 0.345 e. The highest BCUT2D eigenvalue weighted by Crippen LogP contribution is 2.43. The molecule has 1 saturated heterocycles. The zero-order valence-electron chi connectivity index (χ0n) is 22.0. The number of rotatable bonds is 7. The van der Waals surface area contributed by atoms with Crippen LogP contribution in [-0.4, -0.2) is 55.7 Å². The molecule has 1 aliphatic carbocycles. The minimum atomic E-state index is -0.718. The standard InChI is InChI=1S/C30H21Br2Cl3N2O6/c31-23-12-21-22(13-24(23)32)29(41)37(28(21)40)36(27(39)16-1-5-17(33)6-2-16)14-26(38)15-3-8-19(9-4-15)43-30(42)20-10-7-18(34)11-25(20)35/h1-11,21-24H,12-14H2/t21-,22+,23+,24-. The number of alkyl halides is 2. The Bertz CT molecular complexity index is 1590. The molecule has 2 fully saturated rings. The van der Waals surface area contributed by atoms with E-state index in [1.807, 2.05) is 0 Å². The van der Waals surface area contributed by atoms with Gasteiger partial charge >= 0.3 is 5.97 Å². The highest BCUT2D eigenvalue weighted by Gasteiger charge is 2.54. The van der Waals surface area contributed by atoms with E-state index in [4.69, 9.17) is 39.5 Å². The second-order valence-electron chi connectivity index (χ2n) is 10.0. The zero-order chi connectivity index (χ0) is 31.0. The first-order valence-corrected chi connectivity index (χ1v) is 15.9. The van der Waals surface area contributed by atoms with Crippen molar-refractivity contribution < 1.29 is 28.7 Å². The summed E-state index contributed by atoms with van der Waals surface area (Å²) in [6.45, 7) is -0.590. The summed E-state index contributed by atoms with van der Waals surface area (Å²) in [6.07, 6.45) is 0.806. The number of hydrogen-bond donors (Lipinski definition) is 0. The lowest BCUT2D eigenvalue weighted by Gasteiger charge is -2.30. The summed E-state index contributed by atoms with van der Waals surface area (Å²) in [5, 5.41) is 2.60. The van der Waals surface area contributed by atoms with Crippen molar-refractivity contribution in [3.63, 3.8) is 0 Å². The fraction of sp³-hybridized carbons (Fsp3) is 0.233. The van der Waals surface area contributed by atoms with Crippen molar-refractivity contribution in [3.8, 4) is 5.75 Å². The van der Waals surface area contributed by atoms with Crippen LogP contribution in [0.5, 0.6) is 5.75 Å². The lowest BCUT2D eigenvalue weighted by Crippen LogP contribution is -2.52. The van der Waals surface area contributed by atoms with E-state index in [-0.39, 0.29) is 37.1 Å². The average molecular weight is 772 g/mol. The van der Waals surface area contributed by atoms with E-state index in [2.05, 4.69) is 31.9 Å². The SMILES string of the molecule is O=C(CN(C(=O)c1ccc(Cl)cc1)N1C(=O)[C@H]2C[C@@H](Br)[C@@H](Br)C[C@H]2C1=O)c1ccc(OC(=O)c2ccc(Cl)cc2Cl)cc1. The van der Waals surface area contributed by atoms with E-state index in [1.165, 1.54) is 66.7 Å². The van der Waals surface area contributed by atoms with E-state index in [0.717, 1.165) is 10.0 Å². The number of ketones is 1. The minimum absolute atomic E-state index is 0.0316. The highest BCUT2D eigenvalue weighted by atomic mass is 79.9. The first-order chi connectivity index (χ1) is 20.4. The molecule has 13 heteroatoms. The number of amides is 3. The number of hydrogen-bond acceptors (Lipinski definition) is 6. The number of carbonyl (C=O) groups is 5. The molecular weight excluding hydrogens is 751 g/mol. The Morgan fingerprint density at radius 2 is 1.33 bits per heavy atom. The molecule has 1 saturated carbocycles. The molecule has 3 amide bonds. The molecule has 4 atom stereocenters. The molecule has 8 nitrogen and oxygen atoms in total. The summed E-state index contributed by atoms with van der Waals surface area (Å²) in [6, 6.07) is 15.9. The van der Waals surface area contributed by atoms with Crippen molar-refractivity contribution in [2.45, 2.75) is 22.5 Å². The van der Waals surface area contributed by atoms with Crippen LogP contribution >= 0.6 is 66.7 Å². The van der Waals surface area contributed by atoms with Crippen molar-refractivity contribution in [2.24, 2.45) is 11.8 Å². The number of carbonyl (C=O) groups excluding carboxylic acids is 5. The molecule has 0 spiro atoms. The van der Waals surface area contributed by atoms with Crippen LogP contribution in [0, 0.1) is 11.8 Å². The Morgan fingerprint density at radius 1 is 0.791 bits per heavy atom. The normalized spacial score (nSPS) is 21.4. The molecule has 0 N–H and O–H groups in total. The summed E-state index contributed by atoms with van der Waals surface area (Å²) in [5.74, 6) is -4.13.